The summed E-state index contributed by atoms with van der Waals surface area (Å²) in [5, 5.41) is 11.5. The summed E-state index contributed by atoms with van der Waals surface area (Å²) in [4.78, 5) is 32.7. The van der Waals surface area contributed by atoms with Gasteiger partial charge in [0.2, 0.25) is 5.78 Å². The lowest BCUT2D eigenvalue weighted by molar-refractivity contribution is -0.129. The number of methoxy groups -OCH3 is 1. The zero-order valence-corrected chi connectivity index (χ0v) is 19.8. The Bertz CT molecular complexity index is 996. The number of ketones is 1. The molecule has 1 N–H and O–H groups in total. The van der Waals surface area contributed by atoms with Crippen molar-refractivity contribution >= 4 is 23.0 Å². The lowest BCUT2D eigenvalue weighted by atomic mass is 9.95. The molecule has 1 atom stereocenters. The molecule has 1 unspecified atom stereocenters. The van der Waals surface area contributed by atoms with Crippen molar-refractivity contribution < 1.29 is 24.2 Å². The molecule has 1 aromatic heterocycles. The number of aliphatic hydroxyl groups excluding tert-OH is 1. The van der Waals surface area contributed by atoms with E-state index in [0.29, 0.717) is 36.8 Å². The number of amides is 1. The number of rotatable bonds is 11. The predicted octanol–water partition coefficient (Wildman–Crippen LogP) is 4.55. The number of unbranched alkanes of at least 4 members (excludes halogenated alkanes) is 1. The zero-order chi connectivity index (χ0) is 23.3. The minimum Gasteiger partial charge on any atom is -0.503 e. The molecule has 1 aliphatic heterocycles. The third-order valence-corrected chi connectivity index (χ3v) is 6.44. The van der Waals surface area contributed by atoms with Gasteiger partial charge in [0.15, 0.2) is 5.76 Å². The van der Waals surface area contributed by atoms with Crippen LogP contribution >= 0.6 is 11.3 Å². The summed E-state index contributed by atoms with van der Waals surface area (Å²) >= 11 is 1.27. The molecule has 0 aliphatic carbocycles. The maximum absolute atomic E-state index is 13.5. The van der Waals surface area contributed by atoms with Crippen LogP contribution < -0.4 is 4.74 Å². The Morgan fingerprint density at radius 2 is 1.91 bits per heavy atom. The van der Waals surface area contributed by atoms with E-state index in [1.807, 2.05) is 31.2 Å². The number of benzene rings is 1. The van der Waals surface area contributed by atoms with E-state index >= 15 is 0 Å². The monoisotopic (exact) mass is 458 g/mol. The van der Waals surface area contributed by atoms with E-state index in [0.717, 1.165) is 29.2 Å². The molecule has 8 heteroatoms. The number of carbonyl (C=O) groups is 2. The second kappa shape index (κ2) is 10.7. The first-order chi connectivity index (χ1) is 15.4. The molecule has 0 bridgehead atoms. The molecule has 3 rings (SSSR count). The number of aromatic nitrogens is 1. The van der Waals surface area contributed by atoms with Crippen molar-refractivity contribution in [3.8, 4) is 5.75 Å². The maximum Gasteiger partial charge on any atom is 0.290 e. The van der Waals surface area contributed by atoms with Gasteiger partial charge in [-0.05, 0) is 44.4 Å². The van der Waals surface area contributed by atoms with Gasteiger partial charge in [0, 0.05) is 20.3 Å². The van der Waals surface area contributed by atoms with Crippen LogP contribution in [-0.4, -0.2) is 53.5 Å². The van der Waals surface area contributed by atoms with Gasteiger partial charge in [-0.2, -0.15) is 0 Å². The molecule has 0 saturated carbocycles. The molecule has 0 fully saturated rings. The van der Waals surface area contributed by atoms with Gasteiger partial charge in [-0.3, -0.25) is 9.59 Å². The molecule has 172 valence electrons. The van der Waals surface area contributed by atoms with E-state index in [1.165, 1.54) is 16.2 Å². The van der Waals surface area contributed by atoms with Crippen molar-refractivity contribution in [2.45, 2.75) is 46.1 Å². The van der Waals surface area contributed by atoms with Gasteiger partial charge in [-0.1, -0.05) is 25.5 Å². The van der Waals surface area contributed by atoms with E-state index < -0.39 is 17.7 Å². The Kier molecular flexibility index (Phi) is 8.04. The maximum atomic E-state index is 13.5. The van der Waals surface area contributed by atoms with Crippen molar-refractivity contribution in [3.05, 3.63) is 56.7 Å². The summed E-state index contributed by atoms with van der Waals surface area (Å²) in [6, 6.07) is 6.68. The van der Waals surface area contributed by atoms with Crippen LogP contribution in [0.3, 0.4) is 0 Å². The van der Waals surface area contributed by atoms with Crippen molar-refractivity contribution in [2.75, 3.05) is 26.9 Å². The summed E-state index contributed by atoms with van der Waals surface area (Å²) in [5.74, 6) is -0.670. The Morgan fingerprint density at radius 3 is 2.50 bits per heavy atom. The molecule has 1 aromatic carbocycles. The van der Waals surface area contributed by atoms with E-state index in [1.54, 1.807) is 14.0 Å². The molecule has 32 heavy (non-hydrogen) atoms. The van der Waals surface area contributed by atoms with Crippen LogP contribution in [0, 0.1) is 13.8 Å². The van der Waals surface area contributed by atoms with Gasteiger partial charge in [0.05, 0.1) is 33.8 Å². The molecule has 1 amide bonds. The van der Waals surface area contributed by atoms with Gasteiger partial charge < -0.3 is 19.5 Å². The van der Waals surface area contributed by atoms with Crippen LogP contribution in [0.1, 0.15) is 58.2 Å². The third-order valence-electron chi connectivity index (χ3n) is 5.37. The lowest BCUT2D eigenvalue weighted by Crippen LogP contribution is -2.32. The van der Waals surface area contributed by atoms with Gasteiger partial charge >= 0.3 is 0 Å². The number of aryl methyl sites for hydroxylation is 2. The normalized spacial score (nSPS) is 16.2. The summed E-state index contributed by atoms with van der Waals surface area (Å²) in [7, 11) is 1.60. The Hall–Kier alpha value is -2.71. The molecule has 1 aliphatic rings. The number of aliphatic hydroxyl groups is 1. The van der Waals surface area contributed by atoms with Gasteiger partial charge in [0.25, 0.3) is 5.91 Å². The average Bonchev–Trinajstić information content (AvgIpc) is 3.24. The molecule has 2 aromatic rings. The number of Topliss-reactive ketones (excluding diaryl/α,β-unsaturated/α-hetero) is 1. The highest BCUT2D eigenvalue weighted by Crippen LogP contribution is 2.40. The number of nitrogens with zero attached hydrogens (tertiary/aromatic N) is 2. The lowest BCUT2D eigenvalue weighted by Gasteiger charge is -2.27. The Labute approximate surface area is 192 Å². The molecule has 0 radical (unpaired) electrons. The fourth-order valence-electron chi connectivity index (χ4n) is 3.79. The number of hydrogen-bond acceptors (Lipinski definition) is 7. The molecule has 2 heterocycles. The minimum absolute atomic E-state index is 0.0961. The first kappa shape index (κ1) is 23.9. The molecule has 0 saturated heterocycles. The SMILES string of the molecule is CCCCOc1ccc(C2C(C(=O)c3sc(C)nc3C)=C(O)C(=O)N2CCCOC)cc1. The van der Waals surface area contributed by atoms with E-state index in [-0.39, 0.29) is 11.4 Å². The second-order valence-electron chi connectivity index (χ2n) is 7.76. The second-order valence-corrected chi connectivity index (χ2v) is 8.96. The topological polar surface area (TPSA) is 89.0 Å². The van der Waals surface area contributed by atoms with Crippen LogP contribution in [0.25, 0.3) is 0 Å². The summed E-state index contributed by atoms with van der Waals surface area (Å²) in [6.45, 7) is 7.15. The molecule has 0 spiro atoms. The van der Waals surface area contributed by atoms with Crippen LogP contribution in [0.5, 0.6) is 5.75 Å². The van der Waals surface area contributed by atoms with E-state index in [4.69, 9.17) is 9.47 Å². The summed E-state index contributed by atoms with van der Waals surface area (Å²) in [5.41, 5.74) is 1.44. The zero-order valence-electron chi connectivity index (χ0n) is 19.0. The number of ether oxygens (including phenoxy) is 2. The predicted molar refractivity (Wildman–Crippen MR) is 123 cm³/mol. The molecular formula is C24H30N2O5S. The Balaban J connectivity index is 1.96. The number of hydrogen-bond donors (Lipinski definition) is 1. The highest BCUT2D eigenvalue weighted by Gasteiger charge is 2.44. The smallest absolute Gasteiger partial charge is 0.290 e. The number of carbonyl (C=O) groups excluding carboxylic acids is 2. The van der Waals surface area contributed by atoms with Crippen molar-refractivity contribution in [1.29, 1.82) is 0 Å². The quantitative estimate of drug-likeness (QED) is 0.392. The Morgan fingerprint density at radius 1 is 1.19 bits per heavy atom. The highest BCUT2D eigenvalue weighted by molar-refractivity contribution is 7.14. The van der Waals surface area contributed by atoms with Gasteiger partial charge in [-0.25, -0.2) is 4.98 Å². The first-order valence-corrected chi connectivity index (χ1v) is 11.6. The van der Waals surface area contributed by atoms with Crippen LogP contribution in [0.4, 0.5) is 0 Å². The van der Waals surface area contributed by atoms with Crippen molar-refractivity contribution in [1.82, 2.24) is 9.88 Å². The van der Waals surface area contributed by atoms with Gasteiger partial charge in [0.1, 0.15) is 5.75 Å². The fourth-order valence-corrected chi connectivity index (χ4v) is 4.66. The van der Waals surface area contributed by atoms with Crippen LogP contribution in [0.15, 0.2) is 35.6 Å². The van der Waals surface area contributed by atoms with Crippen LogP contribution in [-0.2, 0) is 9.53 Å². The average molecular weight is 459 g/mol. The minimum atomic E-state index is -0.682. The summed E-state index contributed by atoms with van der Waals surface area (Å²) in [6.07, 6.45) is 2.60. The fraction of sp³-hybridized carbons (Fsp3) is 0.458. The third kappa shape index (κ3) is 5.02. The highest BCUT2D eigenvalue weighted by atomic mass is 32.1. The van der Waals surface area contributed by atoms with E-state index in [2.05, 4.69) is 11.9 Å². The molecule has 7 nitrogen and oxygen atoms in total. The molecular weight excluding hydrogens is 428 g/mol. The van der Waals surface area contributed by atoms with Crippen molar-refractivity contribution in [2.24, 2.45) is 0 Å². The standard InChI is InChI=1S/C24H30N2O5S/c1-5-6-14-31-18-10-8-17(9-11-18)20-19(21(27)23-15(2)25-16(3)32-23)22(28)24(29)26(20)12-7-13-30-4/h8-11,20,28H,5-7,12-14H2,1-4H3. The summed E-state index contributed by atoms with van der Waals surface area (Å²) < 4.78 is 10.9. The first-order valence-electron chi connectivity index (χ1n) is 10.8. The number of thiazole rings is 1. The van der Waals surface area contributed by atoms with Crippen LogP contribution in [0.2, 0.25) is 0 Å². The van der Waals surface area contributed by atoms with E-state index in [9.17, 15) is 14.7 Å². The van der Waals surface area contributed by atoms with Gasteiger partial charge in [-0.15, -0.1) is 11.3 Å². The largest absolute Gasteiger partial charge is 0.503 e. The van der Waals surface area contributed by atoms with Crippen molar-refractivity contribution in [3.63, 3.8) is 0 Å².